The molecule has 0 spiro atoms. The van der Waals surface area contributed by atoms with Crippen molar-refractivity contribution < 1.29 is 61.7 Å². The van der Waals surface area contributed by atoms with Crippen LogP contribution in [0.4, 0.5) is 0 Å². The highest BCUT2D eigenvalue weighted by Gasteiger charge is 2.78. The van der Waals surface area contributed by atoms with Crippen molar-refractivity contribution in [2.75, 3.05) is 13.6 Å². The second-order valence-corrected chi connectivity index (χ2v) is 9.57. The van der Waals surface area contributed by atoms with Gasteiger partial charge in [0.25, 0.3) is 0 Å². The van der Waals surface area contributed by atoms with Crippen LogP contribution in [-0.2, 0) is 57.2 Å². The SMILES string of the molecule is C=C(C)C(=O)OC(OC(=O)C(=C)C)(OC(=O)C(=C)C)[N+](C)(CC)C(OC(=O)C(=C)C)(OC(=O)C(=C)C)OC(=O)C(=C)C. The Bertz CT molecular complexity index is 1040. The van der Waals surface area contributed by atoms with Gasteiger partial charge in [-0.1, -0.05) is 44.0 Å². The van der Waals surface area contributed by atoms with Crippen LogP contribution in [0, 0.1) is 0 Å². The topological polar surface area (TPSA) is 158 Å². The van der Waals surface area contributed by atoms with E-state index in [1.807, 2.05) is 0 Å². The van der Waals surface area contributed by atoms with Gasteiger partial charge in [-0.25, -0.2) is 28.8 Å². The smallest absolute Gasteiger partial charge is 0.334 e. The first-order valence-electron chi connectivity index (χ1n) is 12.2. The maximum atomic E-state index is 13.0. The lowest BCUT2D eigenvalue weighted by molar-refractivity contribution is -1.12. The molecule has 0 aliphatic rings. The zero-order chi connectivity index (χ0) is 33.4. The molecule has 0 amide bonds. The Morgan fingerprint density at radius 3 is 0.690 bits per heavy atom. The van der Waals surface area contributed by atoms with E-state index in [-0.39, 0.29) is 33.4 Å². The molecule has 0 aliphatic heterocycles. The number of rotatable bonds is 15. The maximum absolute atomic E-state index is 13.0. The highest BCUT2D eigenvalue weighted by molar-refractivity contribution is 5.91. The first-order chi connectivity index (χ1) is 19.0. The molecule has 0 aromatic heterocycles. The molecule has 0 heterocycles. The fourth-order valence-corrected chi connectivity index (χ4v) is 2.51. The summed E-state index contributed by atoms with van der Waals surface area (Å²) >= 11 is 0. The van der Waals surface area contributed by atoms with E-state index in [1.165, 1.54) is 48.5 Å². The standard InChI is InChI=1S/C29H38NO12/c1-15-30(14,28(37-22(31)16(2)3,38-23(32)17(4)5)39-24(33)18(6)7)29(40-25(34)19(8)9,41-26(35)20(10)11)42-27(36)21(12)13/h2,4,6,8,10,12,15H2,1,3,5,7,9,11,13-14H3/q+1. The van der Waals surface area contributed by atoms with Gasteiger partial charge in [-0.3, -0.25) is 0 Å². The fourth-order valence-electron chi connectivity index (χ4n) is 2.51. The molecule has 13 nitrogen and oxygen atoms in total. The van der Waals surface area contributed by atoms with Crippen LogP contribution in [0.25, 0.3) is 0 Å². The van der Waals surface area contributed by atoms with Gasteiger partial charge in [0, 0.05) is 33.4 Å². The predicted molar refractivity (Wildman–Crippen MR) is 148 cm³/mol. The van der Waals surface area contributed by atoms with Gasteiger partial charge >= 0.3 is 48.0 Å². The molecule has 0 N–H and O–H groups in total. The molecule has 0 rings (SSSR count). The average Bonchev–Trinajstić information content (AvgIpc) is 2.86. The van der Waals surface area contributed by atoms with E-state index >= 15 is 0 Å². The van der Waals surface area contributed by atoms with Crippen molar-refractivity contribution in [3.8, 4) is 0 Å². The van der Waals surface area contributed by atoms with Crippen LogP contribution in [0.1, 0.15) is 48.5 Å². The summed E-state index contributed by atoms with van der Waals surface area (Å²) in [5.41, 5.74) is -1.74. The highest BCUT2D eigenvalue weighted by atomic mass is 17.0. The Morgan fingerprint density at radius 1 is 0.452 bits per heavy atom. The number of carbonyl (C=O) groups is 6. The summed E-state index contributed by atoms with van der Waals surface area (Å²) in [7, 11) is 0.964. The molecule has 0 aromatic carbocycles. The lowest BCUT2D eigenvalue weighted by Gasteiger charge is -2.48. The summed E-state index contributed by atoms with van der Waals surface area (Å²) in [5.74, 6) is -7.86. The molecule has 0 aliphatic carbocycles. The first-order valence-corrected chi connectivity index (χ1v) is 12.2. The minimum absolute atomic E-state index is 0.290. The number of carbonyl (C=O) groups excluding carboxylic acids is 6. The summed E-state index contributed by atoms with van der Waals surface area (Å²) in [6, 6.07) is 0. The Morgan fingerprint density at radius 2 is 0.595 bits per heavy atom. The van der Waals surface area contributed by atoms with Crippen LogP contribution in [0.5, 0.6) is 0 Å². The molecule has 0 atom stereocenters. The third kappa shape index (κ3) is 8.36. The van der Waals surface area contributed by atoms with Gasteiger partial charge in [0.1, 0.15) is 0 Å². The molecule has 0 aromatic rings. The van der Waals surface area contributed by atoms with E-state index in [9.17, 15) is 28.8 Å². The predicted octanol–water partition coefficient (Wildman–Crippen LogP) is 3.39. The van der Waals surface area contributed by atoms with Gasteiger partial charge in [0.05, 0.1) is 13.6 Å². The first kappa shape index (κ1) is 37.2. The lowest BCUT2D eigenvalue weighted by atomic mass is 10.3. The van der Waals surface area contributed by atoms with Crippen LogP contribution in [0.2, 0.25) is 0 Å². The molecule has 0 radical (unpaired) electrons. The van der Waals surface area contributed by atoms with Crippen LogP contribution in [0.3, 0.4) is 0 Å². The number of nitrogens with zero attached hydrogens (tertiary/aromatic N) is 1. The van der Waals surface area contributed by atoms with Gasteiger partial charge in [0.2, 0.25) is 0 Å². The molecule has 42 heavy (non-hydrogen) atoms. The second-order valence-electron chi connectivity index (χ2n) is 9.57. The van der Waals surface area contributed by atoms with E-state index in [0.29, 0.717) is 0 Å². The molecular formula is C29H38NO12+. The molecule has 0 saturated heterocycles. The summed E-state index contributed by atoms with van der Waals surface area (Å²) in [6.45, 7) is 28.7. The fraction of sp³-hybridized carbons (Fsp3) is 0.379. The maximum Gasteiger partial charge on any atom is 0.608 e. The van der Waals surface area contributed by atoms with Gasteiger partial charge < -0.3 is 28.4 Å². The Labute approximate surface area is 244 Å². The average molecular weight is 593 g/mol. The third-order valence-electron chi connectivity index (χ3n) is 5.26. The van der Waals surface area contributed by atoms with Crippen molar-refractivity contribution in [2.24, 2.45) is 0 Å². The van der Waals surface area contributed by atoms with Crippen molar-refractivity contribution in [2.45, 2.75) is 60.7 Å². The van der Waals surface area contributed by atoms with Gasteiger partial charge in [-0.2, -0.15) is 0 Å². The summed E-state index contributed by atoms with van der Waals surface area (Å²) in [4.78, 5) is 78.1. The van der Waals surface area contributed by atoms with Crippen molar-refractivity contribution in [3.63, 3.8) is 0 Å². The summed E-state index contributed by atoms with van der Waals surface area (Å²) in [6.07, 6.45) is -6.78. The quantitative estimate of drug-likeness (QED) is 0.118. The molecule has 230 valence electrons. The van der Waals surface area contributed by atoms with E-state index in [4.69, 9.17) is 28.4 Å². The Kier molecular flexibility index (Phi) is 12.6. The third-order valence-corrected chi connectivity index (χ3v) is 5.26. The zero-order valence-electron chi connectivity index (χ0n) is 25.3. The van der Waals surface area contributed by atoms with E-state index in [1.54, 1.807) is 0 Å². The summed E-state index contributed by atoms with van der Waals surface area (Å²) < 4.78 is 31.1. The van der Waals surface area contributed by atoms with E-state index in [2.05, 4.69) is 39.5 Å². The Hall–Kier alpha value is -4.78. The van der Waals surface area contributed by atoms with Crippen molar-refractivity contribution in [3.05, 3.63) is 72.9 Å². The molecule has 0 bridgehead atoms. The van der Waals surface area contributed by atoms with E-state index < -0.39 is 59.0 Å². The lowest BCUT2D eigenvalue weighted by Crippen LogP contribution is -2.79. The summed E-state index contributed by atoms with van der Waals surface area (Å²) in [5, 5.41) is 0. The minimum Gasteiger partial charge on any atom is -0.334 e. The zero-order valence-corrected chi connectivity index (χ0v) is 25.3. The second kappa shape index (κ2) is 14.2. The number of hydrogen-bond donors (Lipinski definition) is 0. The molecule has 0 fully saturated rings. The largest absolute Gasteiger partial charge is 0.608 e. The monoisotopic (exact) mass is 592 g/mol. The number of hydrogen-bond acceptors (Lipinski definition) is 12. The van der Waals surface area contributed by atoms with Gasteiger partial charge in [0.15, 0.2) is 0 Å². The highest BCUT2D eigenvalue weighted by Crippen LogP contribution is 2.42. The molecule has 13 heteroatoms. The molecule has 0 unspecified atom stereocenters. The number of ether oxygens (including phenoxy) is 6. The van der Waals surface area contributed by atoms with Gasteiger partial charge in [-0.05, 0) is 48.5 Å². The minimum atomic E-state index is -3.39. The van der Waals surface area contributed by atoms with E-state index in [0.717, 1.165) is 7.05 Å². The van der Waals surface area contributed by atoms with Crippen LogP contribution >= 0.6 is 0 Å². The van der Waals surface area contributed by atoms with Crippen LogP contribution < -0.4 is 0 Å². The van der Waals surface area contributed by atoms with Crippen molar-refractivity contribution >= 4 is 35.8 Å². The van der Waals surface area contributed by atoms with Crippen LogP contribution in [0.15, 0.2) is 72.9 Å². The Balaban J connectivity index is 8.40. The normalized spacial score (nSPS) is 11.1. The van der Waals surface area contributed by atoms with Crippen molar-refractivity contribution in [1.29, 1.82) is 0 Å². The molecular weight excluding hydrogens is 554 g/mol. The number of quaternary nitrogens is 1. The van der Waals surface area contributed by atoms with Gasteiger partial charge in [-0.15, -0.1) is 0 Å². The van der Waals surface area contributed by atoms with Crippen LogP contribution in [-0.4, -0.2) is 66.1 Å². The van der Waals surface area contributed by atoms with Crippen molar-refractivity contribution in [1.82, 2.24) is 0 Å². The number of esters is 6. The molecule has 0 saturated carbocycles.